The van der Waals surface area contributed by atoms with E-state index in [1.165, 1.54) is 21.4 Å². The maximum atomic E-state index is 13.5. The van der Waals surface area contributed by atoms with E-state index in [-0.39, 0.29) is 5.91 Å². The van der Waals surface area contributed by atoms with Crippen molar-refractivity contribution in [2.45, 2.75) is 27.7 Å². The Morgan fingerprint density at radius 1 is 0.903 bits per heavy atom. The highest BCUT2D eigenvalue weighted by Crippen LogP contribution is 2.43. The zero-order chi connectivity index (χ0) is 21.9. The minimum Gasteiger partial charge on any atom is -0.267 e. The number of anilines is 2. The van der Waals surface area contributed by atoms with Gasteiger partial charge in [-0.3, -0.25) is 9.73 Å². The summed E-state index contributed by atoms with van der Waals surface area (Å²) < 4.78 is 0.913. The first-order valence-electron chi connectivity index (χ1n) is 10.0. The number of hydrazine groups is 2. The van der Waals surface area contributed by atoms with E-state index in [0.29, 0.717) is 11.4 Å². The Kier molecular flexibility index (Phi) is 4.60. The number of carbonyl (C=O) groups is 1. The Morgan fingerprint density at radius 3 is 2.16 bits per heavy atom. The molecule has 3 aromatic rings. The highest BCUT2D eigenvalue weighted by atomic mass is 79.9. The smallest absolute Gasteiger partial charge is 0.267 e. The quantitative estimate of drug-likeness (QED) is 0.483. The topological polar surface area (TPSA) is 48.4 Å². The van der Waals surface area contributed by atoms with Gasteiger partial charge in [0, 0.05) is 15.6 Å². The number of para-hydroxylation sites is 2. The lowest BCUT2D eigenvalue weighted by Gasteiger charge is -2.25. The summed E-state index contributed by atoms with van der Waals surface area (Å²) in [4.78, 5) is 19.2. The fourth-order valence-corrected chi connectivity index (χ4v) is 4.35. The van der Waals surface area contributed by atoms with Crippen molar-refractivity contribution in [3.8, 4) is 0 Å². The molecule has 0 bridgehead atoms. The second-order valence-electron chi connectivity index (χ2n) is 7.81. The molecule has 0 N–H and O–H groups in total. The molecular weight excluding hydrogens is 456 g/mol. The van der Waals surface area contributed by atoms with E-state index in [9.17, 15) is 4.79 Å². The van der Waals surface area contributed by atoms with Gasteiger partial charge in [-0.25, -0.2) is 0 Å². The molecule has 3 aromatic carbocycles. The number of aryl methyl sites for hydroxylation is 2. The number of hydrogen-bond acceptors (Lipinski definition) is 5. The van der Waals surface area contributed by atoms with E-state index in [2.05, 4.69) is 54.8 Å². The van der Waals surface area contributed by atoms with Crippen molar-refractivity contribution in [3.05, 3.63) is 92.5 Å². The van der Waals surface area contributed by atoms with Gasteiger partial charge in [-0.1, -0.05) is 34.1 Å². The summed E-state index contributed by atoms with van der Waals surface area (Å²) in [5.74, 6) is 0.466. The molecule has 2 heterocycles. The molecule has 5 rings (SSSR count). The summed E-state index contributed by atoms with van der Waals surface area (Å²) in [6, 6.07) is 17.2. The first-order valence-corrected chi connectivity index (χ1v) is 10.8. The first-order chi connectivity index (χ1) is 14.9. The van der Waals surface area contributed by atoms with Crippen LogP contribution in [0.3, 0.4) is 0 Å². The van der Waals surface area contributed by atoms with Crippen molar-refractivity contribution in [2.24, 2.45) is 5.16 Å². The van der Waals surface area contributed by atoms with Crippen LogP contribution < -0.4 is 10.0 Å². The van der Waals surface area contributed by atoms with Crippen LogP contribution in [0, 0.1) is 27.7 Å². The molecule has 6 nitrogen and oxygen atoms in total. The van der Waals surface area contributed by atoms with Crippen LogP contribution in [0.4, 0.5) is 11.4 Å². The number of rotatable bonds is 2. The van der Waals surface area contributed by atoms with Crippen LogP contribution in [0.15, 0.2) is 64.2 Å². The third-order valence-corrected chi connectivity index (χ3v) is 6.48. The maximum absolute atomic E-state index is 13.5. The summed E-state index contributed by atoms with van der Waals surface area (Å²) in [6.07, 6.45) is 0. The molecule has 1 amide bonds. The van der Waals surface area contributed by atoms with Gasteiger partial charge in [0.1, 0.15) is 0 Å². The average molecular weight is 477 g/mol. The molecule has 0 fully saturated rings. The minimum absolute atomic E-state index is 0.201. The number of amidine groups is 1. The fraction of sp³-hybridized carbons (Fsp3) is 0.167. The molecule has 31 heavy (non-hydrogen) atoms. The fourth-order valence-electron chi connectivity index (χ4n) is 4.08. The normalized spacial score (nSPS) is 14.9. The second-order valence-corrected chi connectivity index (χ2v) is 8.72. The van der Waals surface area contributed by atoms with Gasteiger partial charge in [0.05, 0.1) is 16.7 Å². The van der Waals surface area contributed by atoms with Crippen molar-refractivity contribution in [3.63, 3.8) is 0 Å². The Balaban J connectivity index is 1.63. The number of nitrogens with zero attached hydrogens (tertiary/aromatic N) is 4. The van der Waals surface area contributed by atoms with E-state index in [4.69, 9.17) is 4.94 Å². The van der Waals surface area contributed by atoms with E-state index in [1.807, 2.05) is 41.4 Å². The Morgan fingerprint density at radius 2 is 1.52 bits per heavy atom. The molecule has 2 aliphatic rings. The Hall–Kier alpha value is -3.16. The summed E-state index contributed by atoms with van der Waals surface area (Å²) in [6.45, 7) is 8.38. The summed E-state index contributed by atoms with van der Waals surface area (Å²) in [5, 5.41) is 9.21. The van der Waals surface area contributed by atoms with Crippen LogP contribution in [-0.2, 0) is 4.94 Å². The third kappa shape index (κ3) is 2.96. The zero-order valence-electron chi connectivity index (χ0n) is 17.7. The van der Waals surface area contributed by atoms with E-state index in [1.54, 1.807) is 12.1 Å². The van der Waals surface area contributed by atoms with Gasteiger partial charge in [0.25, 0.3) is 5.91 Å². The summed E-state index contributed by atoms with van der Waals surface area (Å²) >= 11 is 3.42. The Bertz CT molecular complexity index is 1230. The second kappa shape index (κ2) is 7.21. The SMILES string of the molecule is Cc1cc(C)c(C)c(C2=NON3N(C(=O)c4ccc(Br)cc4)c4ccccc4N23)c1C. The van der Waals surface area contributed by atoms with Crippen LogP contribution in [0.25, 0.3) is 0 Å². The minimum atomic E-state index is -0.201. The van der Waals surface area contributed by atoms with Crippen molar-refractivity contribution in [1.82, 2.24) is 5.28 Å². The van der Waals surface area contributed by atoms with Crippen molar-refractivity contribution in [1.29, 1.82) is 0 Å². The molecule has 0 saturated heterocycles. The van der Waals surface area contributed by atoms with Crippen molar-refractivity contribution in [2.75, 3.05) is 10.0 Å². The van der Waals surface area contributed by atoms with Crippen molar-refractivity contribution >= 4 is 39.0 Å². The van der Waals surface area contributed by atoms with Gasteiger partial charge < -0.3 is 0 Å². The van der Waals surface area contributed by atoms with E-state index in [0.717, 1.165) is 32.5 Å². The number of oxime groups is 1. The lowest BCUT2D eigenvalue weighted by molar-refractivity contribution is -0.135. The molecule has 0 unspecified atom stereocenters. The van der Waals surface area contributed by atoms with Crippen LogP contribution in [0.1, 0.15) is 38.2 Å². The van der Waals surface area contributed by atoms with Crippen molar-refractivity contribution < 1.29 is 9.73 Å². The summed E-state index contributed by atoms with van der Waals surface area (Å²) in [5.41, 5.74) is 7.81. The zero-order valence-corrected chi connectivity index (χ0v) is 19.3. The predicted molar refractivity (Wildman–Crippen MR) is 125 cm³/mol. The molecule has 2 aliphatic heterocycles. The Labute approximate surface area is 189 Å². The number of fused-ring (bicyclic) bond motifs is 3. The number of hydrogen-bond donors (Lipinski definition) is 0. The van der Waals surface area contributed by atoms with E-state index < -0.39 is 0 Å². The molecule has 156 valence electrons. The summed E-state index contributed by atoms with van der Waals surface area (Å²) in [7, 11) is 0. The van der Waals surface area contributed by atoms with Gasteiger partial charge in [0.2, 0.25) is 5.84 Å². The predicted octanol–water partition coefficient (Wildman–Crippen LogP) is 5.59. The molecule has 0 spiro atoms. The van der Waals surface area contributed by atoms with Gasteiger partial charge in [-0.05, 0) is 91.5 Å². The molecule has 0 saturated carbocycles. The van der Waals surface area contributed by atoms with Gasteiger partial charge in [0.15, 0.2) is 0 Å². The average Bonchev–Trinajstić information content (AvgIpc) is 3.31. The number of carbonyl (C=O) groups excluding carboxylic acids is 1. The highest BCUT2D eigenvalue weighted by molar-refractivity contribution is 9.10. The highest BCUT2D eigenvalue weighted by Gasteiger charge is 2.47. The van der Waals surface area contributed by atoms with Gasteiger partial charge in [-0.2, -0.15) is 10.0 Å². The number of amides is 1. The van der Waals surface area contributed by atoms with E-state index >= 15 is 0 Å². The van der Waals surface area contributed by atoms with Crippen LogP contribution in [0.5, 0.6) is 0 Å². The number of halogens is 1. The molecule has 0 radical (unpaired) electrons. The van der Waals surface area contributed by atoms with Gasteiger partial charge in [-0.15, -0.1) is 0 Å². The standard InChI is InChI=1S/C24H21BrN4O2/c1-14-13-15(2)17(4)22(16(14)3)23-26-31-29-27(23)20-7-5-6-8-21(20)28(29)24(30)18-9-11-19(25)12-10-18/h5-13H,1-4H3. The first kappa shape index (κ1) is 19.8. The molecule has 0 aromatic heterocycles. The third-order valence-electron chi connectivity index (χ3n) is 5.95. The molecular formula is C24H21BrN4O2. The monoisotopic (exact) mass is 476 g/mol. The largest absolute Gasteiger partial charge is 0.277 e. The van der Waals surface area contributed by atoms with Crippen LogP contribution >= 0.6 is 15.9 Å². The lowest BCUT2D eigenvalue weighted by atomic mass is 9.93. The van der Waals surface area contributed by atoms with Crippen LogP contribution in [0.2, 0.25) is 0 Å². The molecule has 0 atom stereocenters. The number of benzene rings is 3. The maximum Gasteiger partial charge on any atom is 0.277 e. The lowest BCUT2D eigenvalue weighted by Crippen LogP contribution is -2.49. The van der Waals surface area contributed by atoms with Gasteiger partial charge >= 0.3 is 0 Å². The molecule has 0 aliphatic carbocycles. The molecule has 7 heteroatoms. The van der Waals surface area contributed by atoms with Crippen LogP contribution in [-0.4, -0.2) is 17.0 Å².